The molecular weight excluding hydrogens is 226 g/mol. The summed E-state index contributed by atoms with van der Waals surface area (Å²) in [5.74, 6) is 0. The van der Waals surface area contributed by atoms with Crippen LogP contribution in [0.2, 0.25) is 0 Å². The first-order valence-electron chi connectivity index (χ1n) is 5.30. The second-order valence-electron chi connectivity index (χ2n) is 3.67. The van der Waals surface area contributed by atoms with Crippen LogP contribution >= 0.6 is 0 Å². The Labute approximate surface area is 103 Å². The van der Waals surface area contributed by atoms with Crippen LogP contribution in [-0.2, 0) is 0 Å². The zero-order valence-electron chi connectivity index (χ0n) is 9.28. The van der Waals surface area contributed by atoms with Gasteiger partial charge in [0.2, 0.25) is 0 Å². The number of hydrogen-bond donors (Lipinski definition) is 0. The predicted molar refractivity (Wildman–Crippen MR) is 65.3 cm³/mol. The maximum absolute atomic E-state index is 8.72. The normalized spacial score (nSPS) is 10.2. The molecule has 0 saturated carbocycles. The smallest absolute Gasteiger partial charge is 0.178 e. The Morgan fingerprint density at radius 3 is 2.61 bits per heavy atom. The largest absolute Gasteiger partial charge is 0.255 e. The van der Waals surface area contributed by atoms with Crippen molar-refractivity contribution in [3.8, 4) is 17.3 Å². The highest BCUT2D eigenvalue weighted by Crippen LogP contribution is 2.18. The molecule has 3 aromatic heterocycles. The number of aromatic nitrogens is 4. The molecule has 0 N–H and O–H groups in total. The van der Waals surface area contributed by atoms with E-state index in [1.807, 2.05) is 12.1 Å². The highest BCUT2D eigenvalue weighted by molar-refractivity contribution is 5.75. The van der Waals surface area contributed by atoms with E-state index >= 15 is 0 Å². The zero-order valence-corrected chi connectivity index (χ0v) is 9.28. The van der Waals surface area contributed by atoms with Gasteiger partial charge in [0.25, 0.3) is 0 Å². The SMILES string of the molecule is N#Cc1ccc(-c2cnc3nccnc3c2)nc1. The number of rotatable bonds is 1. The van der Waals surface area contributed by atoms with Gasteiger partial charge in [0.05, 0.1) is 11.3 Å². The Morgan fingerprint density at radius 2 is 1.83 bits per heavy atom. The highest BCUT2D eigenvalue weighted by atomic mass is 14.9. The molecule has 3 rings (SSSR count). The monoisotopic (exact) mass is 233 g/mol. The summed E-state index contributed by atoms with van der Waals surface area (Å²) in [6.07, 6.45) is 6.47. The van der Waals surface area contributed by atoms with Crippen molar-refractivity contribution in [2.24, 2.45) is 0 Å². The molecule has 0 amide bonds. The maximum Gasteiger partial charge on any atom is 0.178 e. The van der Waals surface area contributed by atoms with Crippen molar-refractivity contribution < 1.29 is 0 Å². The van der Waals surface area contributed by atoms with Gasteiger partial charge >= 0.3 is 0 Å². The standard InChI is InChI=1S/C13H7N5/c14-6-9-1-2-11(17-7-9)10-5-12-13(18-8-10)16-4-3-15-12/h1-5,7-8H. The van der Waals surface area contributed by atoms with Crippen molar-refractivity contribution in [2.75, 3.05) is 0 Å². The van der Waals surface area contributed by atoms with Crippen LogP contribution in [0.5, 0.6) is 0 Å². The summed E-state index contributed by atoms with van der Waals surface area (Å²) in [6.45, 7) is 0. The van der Waals surface area contributed by atoms with Crippen LogP contribution in [0.15, 0.2) is 43.0 Å². The number of nitriles is 1. The lowest BCUT2D eigenvalue weighted by molar-refractivity contribution is 1.21. The second kappa shape index (κ2) is 4.18. The summed E-state index contributed by atoms with van der Waals surface area (Å²) in [6, 6.07) is 7.43. The lowest BCUT2D eigenvalue weighted by Crippen LogP contribution is -1.90. The van der Waals surface area contributed by atoms with Crippen LogP contribution in [0.3, 0.4) is 0 Å². The van der Waals surface area contributed by atoms with Crippen molar-refractivity contribution in [1.29, 1.82) is 5.26 Å². The van der Waals surface area contributed by atoms with E-state index in [4.69, 9.17) is 5.26 Å². The van der Waals surface area contributed by atoms with Gasteiger partial charge in [-0.15, -0.1) is 0 Å². The predicted octanol–water partition coefficient (Wildman–Crippen LogP) is 1.96. The van der Waals surface area contributed by atoms with E-state index in [2.05, 4.69) is 19.9 Å². The van der Waals surface area contributed by atoms with E-state index in [1.165, 1.54) is 6.20 Å². The van der Waals surface area contributed by atoms with Gasteiger partial charge in [-0.3, -0.25) is 9.97 Å². The minimum absolute atomic E-state index is 0.535. The van der Waals surface area contributed by atoms with Gasteiger partial charge in [-0.2, -0.15) is 5.26 Å². The van der Waals surface area contributed by atoms with Crippen LogP contribution in [0.1, 0.15) is 5.56 Å². The summed E-state index contributed by atoms with van der Waals surface area (Å²) in [7, 11) is 0. The number of pyridine rings is 2. The van der Waals surface area contributed by atoms with Crippen molar-refractivity contribution >= 4 is 11.2 Å². The van der Waals surface area contributed by atoms with Crippen molar-refractivity contribution in [3.63, 3.8) is 0 Å². The average molecular weight is 233 g/mol. The first-order valence-corrected chi connectivity index (χ1v) is 5.30. The molecule has 0 aliphatic heterocycles. The first-order chi connectivity index (χ1) is 8.86. The van der Waals surface area contributed by atoms with Gasteiger partial charge < -0.3 is 0 Å². The number of nitrogens with zero attached hydrogens (tertiary/aromatic N) is 5. The highest BCUT2D eigenvalue weighted by Gasteiger charge is 2.03. The molecular formula is C13H7N5. The molecule has 0 aromatic carbocycles. The van der Waals surface area contributed by atoms with Gasteiger partial charge in [0.15, 0.2) is 5.65 Å². The minimum Gasteiger partial charge on any atom is -0.255 e. The Hall–Kier alpha value is -2.87. The van der Waals surface area contributed by atoms with Crippen LogP contribution in [-0.4, -0.2) is 19.9 Å². The van der Waals surface area contributed by atoms with Gasteiger partial charge in [-0.05, 0) is 18.2 Å². The summed E-state index contributed by atoms with van der Waals surface area (Å²) in [4.78, 5) is 16.7. The molecule has 3 heterocycles. The molecule has 0 aliphatic rings. The Bertz CT molecular complexity index is 743. The molecule has 0 aliphatic carbocycles. The van der Waals surface area contributed by atoms with Gasteiger partial charge in [0, 0.05) is 30.4 Å². The van der Waals surface area contributed by atoms with Crippen molar-refractivity contribution in [1.82, 2.24) is 19.9 Å². The summed E-state index contributed by atoms with van der Waals surface area (Å²) in [5, 5.41) is 8.72. The molecule has 5 heteroatoms. The molecule has 0 radical (unpaired) electrons. The van der Waals surface area contributed by atoms with Crippen LogP contribution in [0, 0.1) is 11.3 Å². The molecule has 84 valence electrons. The maximum atomic E-state index is 8.72. The first kappa shape index (κ1) is 10.3. The van der Waals surface area contributed by atoms with E-state index < -0.39 is 0 Å². The molecule has 0 unspecified atom stereocenters. The van der Waals surface area contributed by atoms with Gasteiger partial charge in [-0.25, -0.2) is 9.97 Å². The zero-order chi connectivity index (χ0) is 12.4. The molecule has 0 saturated heterocycles. The molecule has 0 spiro atoms. The Balaban J connectivity index is 2.10. The molecule has 0 atom stereocenters. The Kier molecular flexibility index (Phi) is 2.39. The second-order valence-corrected chi connectivity index (χ2v) is 3.67. The third kappa shape index (κ3) is 1.76. The molecule has 5 nitrogen and oxygen atoms in total. The van der Waals surface area contributed by atoms with Gasteiger partial charge in [0.1, 0.15) is 11.6 Å². The lowest BCUT2D eigenvalue weighted by atomic mass is 10.1. The van der Waals surface area contributed by atoms with E-state index in [1.54, 1.807) is 30.7 Å². The quantitative estimate of drug-likeness (QED) is 0.642. The molecule has 0 bridgehead atoms. The summed E-state index contributed by atoms with van der Waals surface area (Å²) in [5.41, 5.74) is 3.48. The lowest BCUT2D eigenvalue weighted by Gasteiger charge is -2.01. The van der Waals surface area contributed by atoms with E-state index in [0.717, 1.165) is 16.8 Å². The summed E-state index contributed by atoms with van der Waals surface area (Å²) < 4.78 is 0. The van der Waals surface area contributed by atoms with Crippen LogP contribution in [0.25, 0.3) is 22.4 Å². The van der Waals surface area contributed by atoms with Crippen molar-refractivity contribution in [2.45, 2.75) is 0 Å². The Morgan fingerprint density at radius 1 is 0.944 bits per heavy atom. The number of hydrogen-bond acceptors (Lipinski definition) is 5. The van der Waals surface area contributed by atoms with E-state index in [-0.39, 0.29) is 0 Å². The fourth-order valence-corrected chi connectivity index (χ4v) is 1.63. The van der Waals surface area contributed by atoms with E-state index in [0.29, 0.717) is 11.2 Å². The third-order valence-corrected chi connectivity index (χ3v) is 2.51. The number of fused-ring (bicyclic) bond motifs is 1. The molecule has 18 heavy (non-hydrogen) atoms. The fourth-order valence-electron chi connectivity index (χ4n) is 1.63. The third-order valence-electron chi connectivity index (χ3n) is 2.51. The average Bonchev–Trinajstić information content (AvgIpc) is 2.47. The minimum atomic E-state index is 0.535. The molecule has 3 aromatic rings. The van der Waals surface area contributed by atoms with Crippen molar-refractivity contribution in [3.05, 3.63) is 48.5 Å². The van der Waals surface area contributed by atoms with Crippen LogP contribution < -0.4 is 0 Å². The topological polar surface area (TPSA) is 75.3 Å². The van der Waals surface area contributed by atoms with Crippen LogP contribution in [0.4, 0.5) is 0 Å². The summed E-state index contributed by atoms with van der Waals surface area (Å²) >= 11 is 0. The molecule has 0 fully saturated rings. The van der Waals surface area contributed by atoms with Gasteiger partial charge in [-0.1, -0.05) is 0 Å². The van der Waals surface area contributed by atoms with E-state index in [9.17, 15) is 0 Å². The fraction of sp³-hybridized carbons (Fsp3) is 0.